The van der Waals surface area contributed by atoms with E-state index in [9.17, 15) is 14.4 Å². The topological polar surface area (TPSA) is 87.7 Å². The monoisotopic (exact) mass is 523 g/mol. The second-order valence-electron chi connectivity index (χ2n) is 11.4. The summed E-state index contributed by atoms with van der Waals surface area (Å²) >= 11 is 0. The summed E-state index contributed by atoms with van der Waals surface area (Å²) in [6.07, 6.45) is 0.406. The molecule has 7 nitrogen and oxygen atoms in total. The quantitative estimate of drug-likeness (QED) is 0.374. The molecule has 2 unspecified atom stereocenters. The fourth-order valence-corrected chi connectivity index (χ4v) is 4.50. The number of hydrogen-bond acceptors (Lipinski definition) is 4. The summed E-state index contributed by atoms with van der Waals surface area (Å²) in [4.78, 5) is 42.5. The van der Waals surface area contributed by atoms with E-state index in [1.807, 2.05) is 84.0 Å². The highest BCUT2D eigenvalue weighted by molar-refractivity contribution is 6.00. The number of ether oxygens (including phenoxy) is 1. The number of aryl methyl sites for hydroxylation is 3. The van der Waals surface area contributed by atoms with Gasteiger partial charge in [0.15, 0.2) is 0 Å². The Hall–Kier alpha value is -3.35. The predicted octanol–water partition coefficient (Wildman–Crippen LogP) is 6.47. The number of rotatable bonds is 10. The average molecular weight is 524 g/mol. The van der Waals surface area contributed by atoms with Crippen molar-refractivity contribution in [1.82, 2.24) is 10.2 Å². The van der Waals surface area contributed by atoms with Gasteiger partial charge in [0, 0.05) is 12.2 Å². The lowest BCUT2D eigenvalue weighted by molar-refractivity contribution is -0.141. The molecular weight excluding hydrogens is 478 g/mol. The number of carbonyl (C=O) groups is 3. The van der Waals surface area contributed by atoms with E-state index in [-0.39, 0.29) is 17.7 Å². The molecule has 2 aromatic carbocycles. The second-order valence-corrected chi connectivity index (χ2v) is 11.4. The second kappa shape index (κ2) is 13.4. The molecule has 2 N–H and O–H groups in total. The molecule has 0 aliphatic rings. The summed E-state index contributed by atoms with van der Waals surface area (Å²) in [5.41, 5.74) is 3.58. The van der Waals surface area contributed by atoms with Crippen LogP contribution in [0.15, 0.2) is 42.5 Å². The lowest BCUT2D eigenvalue weighted by Gasteiger charge is -2.35. The largest absolute Gasteiger partial charge is 0.444 e. The Labute approximate surface area is 228 Å². The van der Waals surface area contributed by atoms with Crippen molar-refractivity contribution in [3.8, 4) is 0 Å². The molecule has 2 atom stereocenters. The van der Waals surface area contributed by atoms with Gasteiger partial charge in [-0.2, -0.15) is 0 Å². The number of para-hydroxylation sites is 1. The van der Waals surface area contributed by atoms with E-state index in [0.29, 0.717) is 19.4 Å². The number of hydrogen-bond donors (Lipinski definition) is 2. The molecule has 38 heavy (non-hydrogen) atoms. The maximum atomic E-state index is 14.2. The molecular formula is C31H45N3O4. The van der Waals surface area contributed by atoms with E-state index in [4.69, 9.17) is 4.74 Å². The fourth-order valence-electron chi connectivity index (χ4n) is 4.50. The normalized spacial score (nSPS) is 13.0. The smallest absolute Gasteiger partial charge is 0.408 e. The predicted molar refractivity (Wildman–Crippen MR) is 153 cm³/mol. The fraction of sp³-hybridized carbons (Fsp3) is 0.516. The molecule has 0 aliphatic heterocycles. The molecule has 0 saturated heterocycles. The van der Waals surface area contributed by atoms with Gasteiger partial charge < -0.3 is 20.3 Å². The number of anilines is 1. The van der Waals surface area contributed by atoms with Crippen LogP contribution in [-0.4, -0.2) is 41.0 Å². The van der Waals surface area contributed by atoms with Crippen molar-refractivity contribution in [2.24, 2.45) is 5.92 Å². The van der Waals surface area contributed by atoms with E-state index in [2.05, 4.69) is 10.6 Å². The van der Waals surface area contributed by atoms with E-state index in [0.717, 1.165) is 27.9 Å². The van der Waals surface area contributed by atoms with Crippen LogP contribution in [-0.2, 0) is 14.3 Å². The van der Waals surface area contributed by atoms with Crippen molar-refractivity contribution in [3.63, 3.8) is 0 Å². The third-order valence-electron chi connectivity index (χ3n) is 6.22. The first-order valence-electron chi connectivity index (χ1n) is 13.5. The zero-order valence-corrected chi connectivity index (χ0v) is 24.5. The number of nitrogens with one attached hydrogen (secondary N) is 2. The highest BCUT2D eigenvalue weighted by Crippen LogP contribution is 2.29. The Morgan fingerprint density at radius 2 is 1.50 bits per heavy atom. The Morgan fingerprint density at radius 1 is 0.921 bits per heavy atom. The van der Waals surface area contributed by atoms with Crippen molar-refractivity contribution in [2.45, 2.75) is 92.8 Å². The lowest BCUT2D eigenvalue weighted by Crippen LogP contribution is -2.53. The number of benzene rings is 2. The van der Waals surface area contributed by atoms with Crippen LogP contribution in [0.4, 0.5) is 10.5 Å². The van der Waals surface area contributed by atoms with E-state index < -0.39 is 23.8 Å². The summed E-state index contributed by atoms with van der Waals surface area (Å²) in [6, 6.07) is 11.7. The maximum absolute atomic E-state index is 14.2. The van der Waals surface area contributed by atoms with Gasteiger partial charge in [0.05, 0.1) is 0 Å². The zero-order valence-electron chi connectivity index (χ0n) is 24.5. The van der Waals surface area contributed by atoms with Gasteiger partial charge in [-0.1, -0.05) is 63.2 Å². The zero-order chi connectivity index (χ0) is 28.6. The first-order chi connectivity index (χ1) is 17.7. The van der Waals surface area contributed by atoms with Crippen LogP contribution in [0.1, 0.15) is 82.7 Å². The number of alkyl carbamates (subject to hydrolysis) is 1. The summed E-state index contributed by atoms with van der Waals surface area (Å²) < 4.78 is 5.46. The summed E-state index contributed by atoms with van der Waals surface area (Å²) in [7, 11) is 0. The van der Waals surface area contributed by atoms with Crippen molar-refractivity contribution >= 4 is 23.6 Å². The minimum Gasteiger partial charge on any atom is -0.444 e. The molecule has 0 saturated carbocycles. The van der Waals surface area contributed by atoms with Crippen LogP contribution >= 0.6 is 0 Å². The van der Waals surface area contributed by atoms with Gasteiger partial charge in [-0.05, 0) is 82.6 Å². The molecule has 7 heteroatoms. The molecule has 0 aromatic heterocycles. The van der Waals surface area contributed by atoms with Crippen LogP contribution in [0.2, 0.25) is 0 Å². The Bertz CT molecular complexity index is 1100. The van der Waals surface area contributed by atoms with Gasteiger partial charge in [0.25, 0.3) is 5.91 Å². The average Bonchev–Trinajstić information content (AvgIpc) is 2.80. The highest BCUT2D eigenvalue weighted by Gasteiger charge is 2.37. The van der Waals surface area contributed by atoms with Crippen LogP contribution in [0.5, 0.6) is 0 Å². The standard InChI is InChI=1S/C31H45N3O4/c1-10-18-34(29(36)25(19-20(2)3)32-30(37)38-31(7,8)9)27(24-17-12-11-14-21(24)4)28(35)33-26-22(5)15-13-16-23(26)6/h11-17,20,25,27H,10,18-19H2,1-9H3,(H,32,37)(H,33,35). The van der Waals surface area contributed by atoms with E-state index >= 15 is 0 Å². The van der Waals surface area contributed by atoms with Crippen molar-refractivity contribution in [3.05, 3.63) is 64.7 Å². The minimum atomic E-state index is -0.877. The number of carbonyl (C=O) groups excluding carboxylic acids is 3. The third kappa shape index (κ3) is 8.61. The van der Waals surface area contributed by atoms with Crippen LogP contribution in [0.3, 0.4) is 0 Å². The van der Waals surface area contributed by atoms with Gasteiger partial charge in [-0.25, -0.2) is 4.79 Å². The summed E-state index contributed by atoms with van der Waals surface area (Å²) in [5, 5.41) is 5.89. The first kappa shape index (κ1) is 30.9. The van der Waals surface area contributed by atoms with Crippen molar-refractivity contribution < 1.29 is 19.1 Å². The van der Waals surface area contributed by atoms with Crippen molar-refractivity contribution in [2.75, 3.05) is 11.9 Å². The molecule has 0 heterocycles. The highest BCUT2D eigenvalue weighted by atomic mass is 16.6. The molecule has 0 bridgehead atoms. The Morgan fingerprint density at radius 3 is 2.03 bits per heavy atom. The minimum absolute atomic E-state index is 0.128. The van der Waals surface area contributed by atoms with Crippen molar-refractivity contribution in [1.29, 1.82) is 0 Å². The van der Waals surface area contributed by atoms with E-state index in [1.54, 1.807) is 25.7 Å². The van der Waals surface area contributed by atoms with Crippen LogP contribution in [0, 0.1) is 26.7 Å². The van der Waals surface area contributed by atoms with Gasteiger partial charge in [-0.3, -0.25) is 9.59 Å². The molecule has 208 valence electrons. The number of amides is 3. The van der Waals surface area contributed by atoms with Crippen LogP contribution < -0.4 is 10.6 Å². The molecule has 2 rings (SSSR count). The van der Waals surface area contributed by atoms with E-state index in [1.165, 1.54) is 0 Å². The van der Waals surface area contributed by atoms with Gasteiger partial charge in [0.2, 0.25) is 5.91 Å². The lowest BCUT2D eigenvalue weighted by atomic mass is 9.96. The molecule has 0 spiro atoms. The summed E-state index contributed by atoms with van der Waals surface area (Å²) in [6.45, 7) is 17.5. The number of nitrogens with zero attached hydrogens (tertiary/aromatic N) is 1. The summed E-state index contributed by atoms with van der Waals surface area (Å²) in [5.74, 6) is -0.474. The maximum Gasteiger partial charge on any atom is 0.408 e. The van der Waals surface area contributed by atoms with Gasteiger partial charge in [-0.15, -0.1) is 0 Å². The SMILES string of the molecule is CCCN(C(=O)C(CC(C)C)NC(=O)OC(C)(C)C)C(C(=O)Nc1c(C)cccc1C)c1ccccc1C. The molecule has 0 fully saturated rings. The molecule has 0 radical (unpaired) electrons. The Kier molecular flexibility index (Phi) is 10.9. The van der Waals surface area contributed by atoms with Crippen LogP contribution in [0.25, 0.3) is 0 Å². The molecule has 0 aliphatic carbocycles. The first-order valence-corrected chi connectivity index (χ1v) is 13.5. The van der Waals surface area contributed by atoms with Gasteiger partial charge >= 0.3 is 6.09 Å². The molecule has 3 amide bonds. The third-order valence-corrected chi connectivity index (χ3v) is 6.22. The Balaban J connectivity index is 2.55. The van der Waals surface area contributed by atoms with Gasteiger partial charge in [0.1, 0.15) is 17.7 Å². The molecule has 2 aromatic rings.